The topological polar surface area (TPSA) is 115 Å². The van der Waals surface area contributed by atoms with Crippen molar-refractivity contribution in [2.75, 3.05) is 58.2 Å². The molecule has 3 aliphatic heterocycles. The lowest BCUT2D eigenvalue weighted by Crippen LogP contribution is -2.57. The Bertz CT molecular complexity index is 1680. The third-order valence-corrected chi connectivity index (χ3v) is 9.87. The Hall–Kier alpha value is -4.20. The van der Waals surface area contributed by atoms with Crippen molar-refractivity contribution in [1.82, 2.24) is 9.21 Å². The van der Waals surface area contributed by atoms with Gasteiger partial charge >= 0.3 is 0 Å². The molecule has 0 saturated carbocycles. The van der Waals surface area contributed by atoms with Crippen LogP contribution in [0.2, 0.25) is 0 Å². The number of rotatable bonds is 8. The van der Waals surface area contributed by atoms with Crippen molar-refractivity contribution in [3.63, 3.8) is 0 Å². The maximum absolute atomic E-state index is 15.7. The van der Waals surface area contributed by atoms with E-state index < -0.39 is 40.2 Å². The third kappa shape index (κ3) is 5.70. The highest BCUT2D eigenvalue weighted by molar-refractivity contribution is 7.89. The molecule has 0 bridgehead atoms. The van der Waals surface area contributed by atoms with Gasteiger partial charge in [-0.3, -0.25) is 9.59 Å². The second-order valence-electron chi connectivity index (χ2n) is 10.6. The smallest absolute Gasteiger partial charge is 0.245 e. The molecular weight excluding hydrogens is 593 g/mol. The Morgan fingerprint density at radius 3 is 2.57 bits per heavy atom. The van der Waals surface area contributed by atoms with E-state index in [2.05, 4.69) is 0 Å². The van der Waals surface area contributed by atoms with E-state index in [1.165, 1.54) is 47.2 Å². The Kier molecular flexibility index (Phi) is 8.43. The summed E-state index contributed by atoms with van der Waals surface area (Å²) >= 11 is 0. The van der Waals surface area contributed by atoms with Crippen molar-refractivity contribution in [2.45, 2.75) is 23.8 Å². The van der Waals surface area contributed by atoms with Crippen LogP contribution >= 0.6 is 0 Å². The van der Waals surface area contributed by atoms with Crippen LogP contribution in [-0.2, 0) is 24.3 Å². The van der Waals surface area contributed by atoms with Crippen LogP contribution in [0.1, 0.15) is 12.8 Å². The summed E-state index contributed by atoms with van der Waals surface area (Å²) in [6.45, 7) is 0.875. The molecule has 13 heteroatoms. The largest absolute Gasteiger partial charge is 0.496 e. The number of hydrogen-bond acceptors (Lipinski definition) is 8. The van der Waals surface area contributed by atoms with E-state index in [4.69, 9.17) is 18.9 Å². The van der Waals surface area contributed by atoms with E-state index in [0.717, 1.165) is 4.31 Å². The van der Waals surface area contributed by atoms with Crippen LogP contribution in [0.5, 0.6) is 17.2 Å². The van der Waals surface area contributed by atoms with Crippen LogP contribution in [0, 0.1) is 5.82 Å². The number of methoxy groups -OCH3 is 1. The number of piperidine rings is 1. The minimum atomic E-state index is -4.39. The first-order chi connectivity index (χ1) is 21.3. The molecule has 6 rings (SSSR count). The van der Waals surface area contributed by atoms with E-state index in [9.17, 15) is 18.0 Å². The molecular formula is C31H32FN3O8S. The zero-order chi connectivity index (χ0) is 30.8. The highest BCUT2D eigenvalue weighted by atomic mass is 32.2. The highest BCUT2D eigenvalue weighted by Crippen LogP contribution is 2.37. The SMILES string of the molecule is COc1ccccc1-c1ccc(N2CCCC(N(CC(=O)N3CCOCC3)S(=O)(=O)c3ccc4c(c3)OCO4)C2=O)c(F)c1. The summed E-state index contributed by atoms with van der Waals surface area (Å²) in [6.07, 6.45) is 0.555. The fourth-order valence-electron chi connectivity index (χ4n) is 5.72. The second kappa shape index (κ2) is 12.4. The van der Waals surface area contributed by atoms with Crippen molar-refractivity contribution in [3.05, 3.63) is 66.5 Å². The number of fused-ring (bicyclic) bond motifs is 1. The number of carbonyl (C=O) groups is 2. The number of hydrogen-bond donors (Lipinski definition) is 0. The molecule has 2 amide bonds. The minimum Gasteiger partial charge on any atom is -0.496 e. The van der Waals surface area contributed by atoms with Gasteiger partial charge in [-0.2, -0.15) is 4.31 Å². The average molecular weight is 626 g/mol. The molecule has 3 aliphatic rings. The lowest BCUT2D eigenvalue weighted by molar-refractivity contribution is -0.136. The number of ether oxygens (including phenoxy) is 4. The summed E-state index contributed by atoms with van der Waals surface area (Å²) in [5, 5.41) is 0. The lowest BCUT2D eigenvalue weighted by Gasteiger charge is -2.38. The highest BCUT2D eigenvalue weighted by Gasteiger charge is 2.43. The van der Waals surface area contributed by atoms with Gasteiger partial charge in [0.1, 0.15) is 17.6 Å². The quantitative estimate of drug-likeness (QED) is 0.375. The minimum absolute atomic E-state index is 0.0262. The summed E-state index contributed by atoms with van der Waals surface area (Å²) < 4.78 is 66.4. The van der Waals surface area contributed by atoms with Crippen LogP contribution in [-0.4, -0.2) is 88.8 Å². The second-order valence-corrected chi connectivity index (χ2v) is 12.5. The zero-order valence-corrected chi connectivity index (χ0v) is 24.9. The van der Waals surface area contributed by atoms with Crippen molar-refractivity contribution >= 4 is 27.5 Å². The van der Waals surface area contributed by atoms with Crippen LogP contribution in [0.25, 0.3) is 11.1 Å². The molecule has 0 N–H and O–H groups in total. The van der Waals surface area contributed by atoms with Gasteiger partial charge in [0.05, 0.1) is 37.5 Å². The molecule has 0 spiro atoms. The van der Waals surface area contributed by atoms with Crippen molar-refractivity contribution < 1.29 is 41.3 Å². The maximum atomic E-state index is 15.7. The molecule has 2 fully saturated rings. The predicted octanol–water partition coefficient (Wildman–Crippen LogP) is 3.28. The Labute approximate surface area is 254 Å². The van der Waals surface area contributed by atoms with Gasteiger partial charge in [-0.1, -0.05) is 24.3 Å². The number of amides is 2. The molecule has 3 heterocycles. The monoisotopic (exact) mass is 625 g/mol. The maximum Gasteiger partial charge on any atom is 0.245 e. The number of benzene rings is 3. The van der Waals surface area contributed by atoms with E-state index in [0.29, 0.717) is 55.4 Å². The van der Waals surface area contributed by atoms with Gasteiger partial charge in [-0.15, -0.1) is 0 Å². The first kappa shape index (κ1) is 29.9. The summed E-state index contributed by atoms with van der Waals surface area (Å²) in [7, 11) is -2.86. The lowest BCUT2D eigenvalue weighted by atomic mass is 10.0. The predicted molar refractivity (Wildman–Crippen MR) is 158 cm³/mol. The van der Waals surface area contributed by atoms with E-state index >= 15 is 4.39 Å². The van der Waals surface area contributed by atoms with Gasteiger partial charge in [0, 0.05) is 31.3 Å². The Balaban J connectivity index is 1.33. The average Bonchev–Trinajstić information content (AvgIpc) is 3.53. The van der Waals surface area contributed by atoms with Crippen LogP contribution in [0.15, 0.2) is 65.6 Å². The van der Waals surface area contributed by atoms with Crippen LogP contribution < -0.4 is 19.1 Å². The number of morpholine rings is 1. The van der Waals surface area contributed by atoms with E-state index in [1.54, 1.807) is 18.2 Å². The Morgan fingerprint density at radius 1 is 1.02 bits per heavy atom. The number of carbonyl (C=O) groups excluding carboxylic acids is 2. The number of sulfonamides is 1. The molecule has 3 aromatic carbocycles. The third-order valence-electron chi connectivity index (χ3n) is 8.02. The molecule has 44 heavy (non-hydrogen) atoms. The number of nitrogens with zero attached hydrogens (tertiary/aromatic N) is 3. The van der Waals surface area contributed by atoms with Gasteiger partial charge in [0.25, 0.3) is 0 Å². The summed E-state index contributed by atoms with van der Waals surface area (Å²) in [5.74, 6) is -0.486. The Morgan fingerprint density at radius 2 is 1.80 bits per heavy atom. The molecule has 0 radical (unpaired) electrons. The van der Waals surface area contributed by atoms with Crippen molar-refractivity contribution in [1.29, 1.82) is 0 Å². The number of halogens is 1. The van der Waals surface area contributed by atoms with Gasteiger partial charge in [0.2, 0.25) is 28.6 Å². The molecule has 232 valence electrons. The fourth-order valence-corrected chi connectivity index (χ4v) is 7.30. The molecule has 0 aromatic heterocycles. The first-order valence-electron chi connectivity index (χ1n) is 14.3. The zero-order valence-electron chi connectivity index (χ0n) is 24.1. The van der Waals surface area contributed by atoms with Crippen LogP contribution in [0.3, 0.4) is 0 Å². The fraction of sp³-hybridized carbons (Fsp3) is 0.355. The van der Waals surface area contributed by atoms with Gasteiger partial charge in [0.15, 0.2) is 11.5 Å². The van der Waals surface area contributed by atoms with E-state index in [-0.39, 0.29) is 36.1 Å². The van der Waals surface area contributed by atoms with Gasteiger partial charge < -0.3 is 28.7 Å². The van der Waals surface area contributed by atoms with Gasteiger partial charge in [-0.25, -0.2) is 12.8 Å². The van der Waals surface area contributed by atoms with Gasteiger partial charge in [-0.05, 0) is 48.7 Å². The molecule has 0 aliphatic carbocycles. The van der Waals surface area contributed by atoms with Crippen LogP contribution in [0.4, 0.5) is 10.1 Å². The standard InChI is InChI=1S/C31H32FN3O8S/c1-40-27-7-3-2-5-23(27)21-8-10-25(24(32)17-21)34-12-4-6-26(31(34)37)35(19-30(36)33-13-15-41-16-14-33)44(38,39)22-9-11-28-29(18-22)43-20-42-28/h2-3,5,7-11,17-18,26H,4,6,12-16,19-20H2,1H3. The first-order valence-corrected chi connectivity index (χ1v) is 15.7. The molecule has 1 unspecified atom stereocenters. The molecule has 1 atom stereocenters. The number of para-hydroxylation sites is 1. The van der Waals surface area contributed by atoms with E-state index in [1.807, 2.05) is 12.1 Å². The van der Waals surface area contributed by atoms with Crippen molar-refractivity contribution in [3.8, 4) is 28.4 Å². The molecule has 3 aromatic rings. The normalized spacial score (nSPS) is 18.5. The molecule has 11 nitrogen and oxygen atoms in total. The molecule has 2 saturated heterocycles. The summed E-state index contributed by atoms with van der Waals surface area (Å²) in [6, 6.07) is 14.6. The summed E-state index contributed by atoms with van der Waals surface area (Å²) in [5.41, 5.74) is 1.28. The van der Waals surface area contributed by atoms with Crippen molar-refractivity contribution in [2.24, 2.45) is 0 Å². The number of anilines is 1. The summed E-state index contributed by atoms with van der Waals surface area (Å²) in [4.78, 5) is 30.1.